The minimum Gasteiger partial charge on any atom is -0.489 e. The van der Waals surface area contributed by atoms with Crippen molar-refractivity contribution >= 4 is 21.8 Å². The van der Waals surface area contributed by atoms with Crippen molar-refractivity contribution in [3.05, 3.63) is 64.1 Å². The maximum absolute atomic E-state index is 5.89. The maximum Gasteiger partial charge on any atom is 0.128 e. The molecular weight excluding hydrogens is 328 g/mol. The van der Waals surface area contributed by atoms with Crippen LogP contribution in [0.2, 0.25) is 0 Å². The number of aliphatic imine (C=N–C) groups is 1. The van der Waals surface area contributed by atoms with Crippen LogP contribution in [0.4, 0.5) is 0 Å². The normalized spacial score (nSPS) is 14.2. The van der Waals surface area contributed by atoms with Gasteiger partial charge in [-0.25, -0.2) is 0 Å². The zero-order chi connectivity index (χ0) is 14.5. The van der Waals surface area contributed by atoms with Crippen LogP contribution in [0.5, 0.6) is 5.75 Å². The topological polar surface area (TPSA) is 33.6 Å². The average Bonchev–Trinajstić information content (AvgIpc) is 2.54. The third kappa shape index (κ3) is 3.64. The van der Waals surface area contributed by atoms with E-state index in [0.717, 1.165) is 46.7 Å². The minimum atomic E-state index is 0.535. The van der Waals surface area contributed by atoms with Crippen LogP contribution < -0.4 is 10.1 Å². The molecule has 0 saturated heterocycles. The lowest BCUT2D eigenvalue weighted by molar-refractivity contribution is 0.306. The van der Waals surface area contributed by atoms with Gasteiger partial charge in [-0.2, -0.15) is 0 Å². The number of halogens is 1. The highest BCUT2D eigenvalue weighted by atomic mass is 79.9. The summed E-state index contributed by atoms with van der Waals surface area (Å²) in [7, 11) is 0. The molecule has 1 aliphatic heterocycles. The van der Waals surface area contributed by atoms with Crippen molar-refractivity contribution in [2.24, 2.45) is 4.99 Å². The van der Waals surface area contributed by atoms with Crippen molar-refractivity contribution in [1.29, 1.82) is 0 Å². The van der Waals surface area contributed by atoms with E-state index in [0.29, 0.717) is 6.61 Å². The molecule has 0 fully saturated rings. The molecule has 4 heteroatoms. The predicted molar refractivity (Wildman–Crippen MR) is 88.9 cm³/mol. The summed E-state index contributed by atoms with van der Waals surface area (Å²) in [6.45, 7) is 2.41. The van der Waals surface area contributed by atoms with Gasteiger partial charge in [0.05, 0.1) is 0 Å². The predicted octanol–water partition coefficient (Wildman–Crippen LogP) is 3.77. The quantitative estimate of drug-likeness (QED) is 0.915. The van der Waals surface area contributed by atoms with E-state index in [4.69, 9.17) is 4.74 Å². The third-order valence-corrected chi connectivity index (χ3v) is 3.85. The molecule has 0 saturated carbocycles. The zero-order valence-corrected chi connectivity index (χ0v) is 13.3. The van der Waals surface area contributed by atoms with Gasteiger partial charge in [-0.1, -0.05) is 46.3 Å². The molecule has 0 bridgehead atoms. The molecule has 0 radical (unpaired) electrons. The van der Waals surface area contributed by atoms with Crippen LogP contribution in [0.25, 0.3) is 0 Å². The van der Waals surface area contributed by atoms with E-state index in [9.17, 15) is 0 Å². The molecule has 3 rings (SSSR count). The van der Waals surface area contributed by atoms with Crippen LogP contribution >= 0.6 is 15.9 Å². The molecule has 0 unspecified atom stereocenters. The fourth-order valence-electron chi connectivity index (χ4n) is 2.31. The first-order valence-electron chi connectivity index (χ1n) is 7.08. The molecule has 2 aromatic rings. The monoisotopic (exact) mass is 344 g/mol. The molecule has 0 aliphatic carbocycles. The Bertz CT molecular complexity index is 655. The van der Waals surface area contributed by atoms with E-state index in [1.165, 1.54) is 0 Å². The Morgan fingerprint density at radius 3 is 2.86 bits per heavy atom. The second-order valence-corrected chi connectivity index (χ2v) is 5.83. The first-order valence-corrected chi connectivity index (χ1v) is 7.87. The summed E-state index contributed by atoms with van der Waals surface area (Å²) in [4.78, 5) is 4.57. The SMILES string of the molecule is Brc1cccc(OCc2ccccc2C2=NCCCN2)c1. The van der Waals surface area contributed by atoms with E-state index in [2.05, 4.69) is 38.4 Å². The fraction of sp³-hybridized carbons (Fsp3) is 0.235. The number of rotatable bonds is 4. The molecule has 1 N–H and O–H groups in total. The van der Waals surface area contributed by atoms with E-state index in [1.54, 1.807) is 0 Å². The molecule has 2 aromatic carbocycles. The summed E-state index contributed by atoms with van der Waals surface area (Å²) in [5, 5.41) is 3.37. The van der Waals surface area contributed by atoms with Crippen molar-refractivity contribution in [2.45, 2.75) is 13.0 Å². The van der Waals surface area contributed by atoms with E-state index < -0.39 is 0 Å². The summed E-state index contributed by atoms with van der Waals surface area (Å²) >= 11 is 3.46. The highest BCUT2D eigenvalue weighted by Crippen LogP contribution is 2.20. The lowest BCUT2D eigenvalue weighted by atomic mass is 10.1. The Balaban J connectivity index is 1.78. The highest BCUT2D eigenvalue weighted by Gasteiger charge is 2.11. The first kappa shape index (κ1) is 14.1. The zero-order valence-electron chi connectivity index (χ0n) is 11.7. The maximum atomic E-state index is 5.89. The lowest BCUT2D eigenvalue weighted by Gasteiger charge is -2.17. The Labute approximate surface area is 133 Å². The molecule has 1 heterocycles. The molecule has 108 valence electrons. The first-order chi connectivity index (χ1) is 10.3. The Hall–Kier alpha value is -1.81. The van der Waals surface area contributed by atoms with Gasteiger partial charge in [-0.3, -0.25) is 4.99 Å². The molecule has 0 atom stereocenters. The van der Waals surface area contributed by atoms with Crippen molar-refractivity contribution < 1.29 is 4.74 Å². The summed E-state index contributed by atoms with van der Waals surface area (Å²) in [5.41, 5.74) is 2.28. The lowest BCUT2D eigenvalue weighted by Crippen LogP contribution is -2.31. The van der Waals surface area contributed by atoms with Gasteiger partial charge >= 0.3 is 0 Å². The number of benzene rings is 2. The largest absolute Gasteiger partial charge is 0.489 e. The molecule has 0 spiro atoms. The van der Waals surface area contributed by atoms with Crippen molar-refractivity contribution in [2.75, 3.05) is 13.1 Å². The Kier molecular flexibility index (Phi) is 4.55. The number of hydrogen-bond donors (Lipinski definition) is 1. The van der Waals surface area contributed by atoms with E-state index in [1.807, 2.05) is 36.4 Å². The van der Waals surface area contributed by atoms with Gasteiger partial charge in [0.2, 0.25) is 0 Å². The van der Waals surface area contributed by atoms with E-state index in [-0.39, 0.29) is 0 Å². The van der Waals surface area contributed by atoms with Gasteiger partial charge < -0.3 is 10.1 Å². The molecular formula is C17H17BrN2O. The summed E-state index contributed by atoms with van der Waals surface area (Å²) in [5.74, 6) is 1.84. The summed E-state index contributed by atoms with van der Waals surface area (Å²) < 4.78 is 6.91. The van der Waals surface area contributed by atoms with Crippen LogP contribution in [0.15, 0.2) is 58.0 Å². The van der Waals surface area contributed by atoms with Crippen LogP contribution in [-0.4, -0.2) is 18.9 Å². The van der Waals surface area contributed by atoms with Crippen LogP contribution in [0.1, 0.15) is 17.5 Å². The molecule has 3 nitrogen and oxygen atoms in total. The second-order valence-electron chi connectivity index (χ2n) is 4.91. The number of hydrogen-bond acceptors (Lipinski definition) is 3. The number of nitrogens with one attached hydrogen (secondary N) is 1. The summed E-state index contributed by atoms with van der Waals surface area (Å²) in [6.07, 6.45) is 1.10. The number of amidine groups is 1. The molecule has 1 aliphatic rings. The summed E-state index contributed by atoms with van der Waals surface area (Å²) in [6, 6.07) is 16.1. The van der Waals surface area contributed by atoms with Crippen molar-refractivity contribution in [1.82, 2.24) is 5.32 Å². The highest BCUT2D eigenvalue weighted by molar-refractivity contribution is 9.10. The van der Waals surface area contributed by atoms with Gasteiger partial charge in [0.25, 0.3) is 0 Å². The van der Waals surface area contributed by atoms with Gasteiger partial charge in [-0.15, -0.1) is 0 Å². The molecule has 21 heavy (non-hydrogen) atoms. The van der Waals surface area contributed by atoms with Crippen LogP contribution in [-0.2, 0) is 6.61 Å². The fourth-order valence-corrected chi connectivity index (χ4v) is 2.69. The number of ether oxygens (including phenoxy) is 1. The van der Waals surface area contributed by atoms with E-state index >= 15 is 0 Å². The van der Waals surface area contributed by atoms with Gasteiger partial charge in [0.15, 0.2) is 0 Å². The smallest absolute Gasteiger partial charge is 0.128 e. The van der Waals surface area contributed by atoms with Gasteiger partial charge in [-0.05, 0) is 24.6 Å². The average molecular weight is 345 g/mol. The third-order valence-electron chi connectivity index (χ3n) is 3.36. The van der Waals surface area contributed by atoms with Gasteiger partial charge in [0, 0.05) is 28.7 Å². The van der Waals surface area contributed by atoms with Crippen LogP contribution in [0, 0.1) is 0 Å². The standard InChI is InChI=1S/C17H17BrN2O/c18-14-6-3-7-15(11-14)21-12-13-5-1-2-8-16(13)17-19-9-4-10-20-17/h1-3,5-8,11H,4,9-10,12H2,(H,19,20). The second kappa shape index (κ2) is 6.76. The van der Waals surface area contributed by atoms with Crippen molar-refractivity contribution in [3.8, 4) is 5.75 Å². The molecule has 0 aromatic heterocycles. The number of nitrogens with zero attached hydrogens (tertiary/aromatic N) is 1. The Morgan fingerprint density at radius 2 is 2.05 bits per heavy atom. The molecule has 0 amide bonds. The van der Waals surface area contributed by atoms with Crippen molar-refractivity contribution in [3.63, 3.8) is 0 Å². The minimum absolute atomic E-state index is 0.535. The van der Waals surface area contributed by atoms with Gasteiger partial charge in [0.1, 0.15) is 18.2 Å². The Morgan fingerprint density at radius 1 is 1.14 bits per heavy atom. The van der Waals surface area contributed by atoms with Crippen LogP contribution in [0.3, 0.4) is 0 Å².